The van der Waals surface area contributed by atoms with Gasteiger partial charge in [-0.15, -0.1) is 0 Å². The Labute approximate surface area is 208 Å². The second kappa shape index (κ2) is 8.95. The minimum atomic E-state index is -0.620. The number of ketones is 1. The molecule has 6 heteroatoms. The third-order valence-electron chi connectivity index (χ3n) is 10.7. The number of carbonyl (C=O) groups is 1. The topological polar surface area (TPSA) is 77.2 Å². The van der Waals surface area contributed by atoms with Crippen molar-refractivity contribution in [3.05, 3.63) is 24.7 Å². The summed E-state index contributed by atoms with van der Waals surface area (Å²) in [5.74, 6) is 4.11. The Bertz CT molecular complexity index is 1050. The molecule has 4 aliphatic rings. The molecule has 0 unspecified atom stereocenters. The van der Waals surface area contributed by atoms with E-state index < -0.39 is 5.60 Å². The van der Waals surface area contributed by atoms with Crippen molar-refractivity contribution in [1.29, 1.82) is 0 Å². The van der Waals surface area contributed by atoms with Crippen molar-refractivity contribution in [3.8, 4) is 0 Å². The van der Waals surface area contributed by atoms with Crippen LogP contribution in [0, 0.1) is 40.9 Å². The van der Waals surface area contributed by atoms with E-state index in [0.717, 1.165) is 54.3 Å². The van der Waals surface area contributed by atoms with Crippen molar-refractivity contribution in [1.82, 2.24) is 14.8 Å². The van der Waals surface area contributed by atoms with E-state index in [0.29, 0.717) is 37.4 Å². The van der Waals surface area contributed by atoms with Crippen LogP contribution >= 0.6 is 0 Å². The Morgan fingerprint density at radius 1 is 1.14 bits per heavy atom. The van der Waals surface area contributed by atoms with Crippen molar-refractivity contribution in [2.45, 2.75) is 83.8 Å². The van der Waals surface area contributed by atoms with E-state index in [9.17, 15) is 9.90 Å². The first kappa shape index (κ1) is 23.6. The molecule has 0 radical (unpaired) electrons. The second-order valence-corrected chi connectivity index (χ2v) is 12.4. The monoisotopic (exact) mass is 479 g/mol. The van der Waals surface area contributed by atoms with Crippen molar-refractivity contribution in [3.63, 3.8) is 0 Å². The van der Waals surface area contributed by atoms with Crippen LogP contribution < -0.4 is 0 Å². The third-order valence-corrected chi connectivity index (χ3v) is 10.7. The van der Waals surface area contributed by atoms with Gasteiger partial charge in [0.25, 0.3) is 0 Å². The van der Waals surface area contributed by atoms with Gasteiger partial charge >= 0.3 is 0 Å². The molecule has 4 fully saturated rings. The fourth-order valence-electron chi connectivity index (χ4n) is 9.18. The van der Waals surface area contributed by atoms with Gasteiger partial charge in [0.05, 0.1) is 24.9 Å². The average Bonchev–Trinajstić information content (AvgIpc) is 3.42. The summed E-state index contributed by atoms with van der Waals surface area (Å²) < 4.78 is 7.46. The van der Waals surface area contributed by atoms with Gasteiger partial charge in [-0.1, -0.05) is 6.92 Å². The molecular weight excluding hydrogens is 438 g/mol. The molecule has 190 valence electrons. The SMILES string of the molecule is CCOC[C@@]1(O)CC[C@H]2[C@@H](CC[C@@H]3[C@@H]2CC[C@]2(C)[C@@H](C(=O)Cn4cc5ccncc5n4)CC[C@@H]32)C1. The zero-order valence-electron chi connectivity index (χ0n) is 21.4. The van der Waals surface area contributed by atoms with Crippen LogP contribution in [0.3, 0.4) is 0 Å². The highest BCUT2D eigenvalue weighted by Crippen LogP contribution is 2.64. The first-order chi connectivity index (χ1) is 16.9. The van der Waals surface area contributed by atoms with Gasteiger partial charge in [-0.2, -0.15) is 5.10 Å². The maximum atomic E-state index is 13.6. The number of hydrogen-bond acceptors (Lipinski definition) is 5. The number of Topliss-reactive ketones (excluding diaryl/α,β-unsaturated/α-hetero) is 1. The van der Waals surface area contributed by atoms with Gasteiger partial charge in [-0.05, 0) is 106 Å². The summed E-state index contributed by atoms with van der Waals surface area (Å²) in [4.78, 5) is 17.7. The Morgan fingerprint density at radius 3 is 2.83 bits per heavy atom. The van der Waals surface area contributed by atoms with Gasteiger partial charge < -0.3 is 9.84 Å². The van der Waals surface area contributed by atoms with Crippen LogP contribution in [0.2, 0.25) is 0 Å². The zero-order valence-corrected chi connectivity index (χ0v) is 21.4. The van der Waals surface area contributed by atoms with Gasteiger partial charge in [-0.25, -0.2) is 0 Å². The maximum absolute atomic E-state index is 13.6. The van der Waals surface area contributed by atoms with E-state index >= 15 is 0 Å². The normalized spacial score (nSPS) is 40.8. The molecule has 0 amide bonds. The quantitative estimate of drug-likeness (QED) is 0.628. The summed E-state index contributed by atoms with van der Waals surface area (Å²) in [6, 6.07) is 1.96. The summed E-state index contributed by atoms with van der Waals surface area (Å²) in [7, 11) is 0. The highest BCUT2D eigenvalue weighted by Gasteiger charge is 2.59. The third kappa shape index (κ3) is 4.05. The highest BCUT2D eigenvalue weighted by molar-refractivity contribution is 5.83. The maximum Gasteiger partial charge on any atom is 0.157 e. The summed E-state index contributed by atoms with van der Waals surface area (Å²) in [5, 5.41) is 16.8. The number of hydrogen-bond donors (Lipinski definition) is 1. The molecule has 0 spiro atoms. The molecule has 4 saturated carbocycles. The number of ether oxygens (including phenoxy) is 1. The van der Waals surface area contributed by atoms with E-state index in [2.05, 4.69) is 17.0 Å². The van der Waals surface area contributed by atoms with E-state index in [-0.39, 0.29) is 11.3 Å². The highest BCUT2D eigenvalue weighted by atomic mass is 16.5. The van der Waals surface area contributed by atoms with Crippen LogP contribution in [0.15, 0.2) is 24.7 Å². The number of nitrogens with zero attached hydrogens (tertiary/aromatic N) is 3. The second-order valence-electron chi connectivity index (χ2n) is 12.4. The van der Waals surface area contributed by atoms with Gasteiger partial charge in [0.1, 0.15) is 5.52 Å². The molecule has 2 aromatic heterocycles. The van der Waals surface area contributed by atoms with Gasteiger partial charge in [0.2, 0.25) is 0 Å². The first-order valence-corrected chi connectivity index (χ1v) is 14.0. The van der Waals surface area contributed by atoms with Crippen LogP contribution in [0.1, 0.15) is 71.6 Å². The molecule has 35 heavy (non-hydrogen) atoms. The number of fused-ring (bicyclic) bond motifs is 6. The minimum absolute atomic E-state index is 0.129. The number of rotatable bonds is 6. The number of pyridine rings is 1. The minimum Gasteiger partial charge on any atom is -0.387 e. The molecule has 6 nitrogen and oxygen atoms in total. The summed E-state index contributed by atoms with van der Waals surface area (Å²) in [6.45, 7) is 5.98. The zero-order chi connectivity index (χ0) is 24.2. The van der Waals surface area contributed by atoms with E-state index in [4.69, 9.17) is 4.74 Å². The fraction of sp³-hybridized carbons (Fsp3) is 0.759. The Balaban J connectivity index is 1.14. The van der Waals surface area contributed by atoms with Crippen LogP contribution in [0.25, 0.3) is 10.9 Å². The Hall–Kier alpha value is -1.79. The van der Waals surface area contributed by atoms with E-state index in [1.54, 1.807) is 12.4 Å². The van der Waals surface area contributed by atoms with Crippen LogP contribution in [0.4, 0.5) is 0 Å². The van der Waals surface area contributed by atoms with E-state index in [1.165, 1.54) is 32.1 Å². The lowest BCUT2D eigenvalue weighted by Gasteiger charge is -2.57. The Morgan fingerprint density at radius 2 is 2.00 bits per heavy atom. The summed E-state index contributed by atoms with van der Waals surface area (Å²) >= 11 is 0. The molecule has 0 saturated heterocycles. The largest absolute Gasteiger partial charge is 0.387 e. The molecule has 1 N–H and O–H groups in total. The first-order valence-electron chi connectivity index (χ1n) is 14.0. The van der Waals surface area contributed by atoms with Crippen LogP contribution in [-0.2, 0) is 16.1 Å². The van der Waals surface area contributed by atoms with Gasteiger partial charge in [0, 0.05) is 30.3 Å². The van der Waals surface area contributed by atoms with Crippen molar-refractivity contribution in [2.24, 2.45) is 40.9 Å². The van der Waals surface area contributed by atoms with Crippen LogP contribution in [-0.4, -0.2) is 44.5 Å². The number of aliphatic hydroxyl groups is 1. The molecule has 0 bridgehead atoms. The average molecular weight is 480 g/mol. The summed E-state index contributed by atoms with van der Waals surface area (Å²) in [6.07, 6.45) is 15.6. The fourth-order valence-corrected chi connectivity index (χ4v) is 9.18. The van der Waals surface area contributed by atoms with Gasteiger partial charge in [0.15, 0.2) is 5.78 Å². The van der Waals surface area contributed by atoms with Crippen molar-refractivity contribution >= 4 is 16.7 Å². The van der Waals surface area contributed by atoms with Crippen LogP contribution in [0.5, 0.6) is 0 Å². The predicted octanol–water partition coefficient (Wildman–Crippen LogP) is 5.04. The lowest BCUT2D eigenvalue weighted by molar-refractivity contribution is -0.138. The molecular formula is C29H41N3O3. The molecule has 0 aromatic carbocycles. The molecule has 2 aromatic rings. The Kier molecular flexibility index (Phi) is 6.03. The van der Waals surface area contributed by atoms with E-state index in [1.807, 2.05) is 23.9 Å². The van der Waals surface area contributed by atoms with Gasteiger partial charge in [-0.3, -0.25) is 14.5 Å². The molecule has 8 atom stereocenters. The molecule has 2 heterocycles. The number of aromatic nitrogens is 3. The number of carbonyl (C=O) groups excluding carboxylic acids is 1. The lowest BCUT2D eigenvalue weighted by atomic mass is 9.49. The molecule has 6 rings (SSSR count). The van der Waals surface area contributed by atoms with Crippen molar-refractivity contribution in [2.75, 3.05) is 13.2 Å². The standard InChI is InChI=1S/C29H41N3O3/c1-3-35-18-29(34)12-9-21-19(14-29)4-5-23-22(21)8-11-28(2)24(23)6-7-25(28)27(33)17-32-16-20-10-13-30-15-26(20)31-32/h10,13,15-16,19,21-25,34H,3-9,11-12,14,17-18H2,1-2H3/t19-,21-,22+,23+,24-,25+,28-,29+/m0/s1. The van der Waals surface area contributed by atoms with Crippen molar-refractivity contribution < 1.29 is 14.6 Å². The molecule has 0 aliphatic heterocycles. The summed E-state index contributed by atoms with van der Waals surface area (Å²) in [5.41, 5.74) is 0.364. The molecule has 4 aliphatic carbocycles. The lowest BCUT2D eigenvalue weighted by Crippen LogP contribution is -2.52. The predicted molar refractivity (Wildman–Crippen MR) is 135 cm³/mol. The smallest absolute Gasteiger partial charge is 0.157 e.